The second-order valence-electron chi connectivity index (χ2n) is 2.64. The van der Waals surface area contributed by atoms with E-state index in [4.69, 9.17) is 4.74 Å². The first-order valence-corrected chi connectivity index (χ1v) is 4.86. The lowest BCUT2D eigenvalue weighted by molar-refractivity contribution is 0.0793. The Hall–Kier alpha value is -0.590. The Morgan fingerprint density at radius 1 is 1.77 bits per heavy atom. The summed E-state index contributed by atoms with van der Waals surface area (Å²) in [5, 5.41) is 17.7. The highest BCUT2D eigenvalue weighted by molar-refractivity contribution is 7.99. The summed E-state index contributed by atoms with van der Waals surface area (Å²) in [5.41, 5.74) is 0. The summed E-state index contributed by atoms with van der Waals surface area (Å²) in [4.78, 5) is 0. The van der Waals surface area contributed by atoms with Crippen LogP contribution in [-0.2, 0) is 11.8 Å². The van der Waals surface area contributed by atoms with E-state index in [-0.39, 0.29) is 0 Å². The van der Waals surface area contributed by atoms with Crippen LogP contribution in [0, 0.1) is 0 Å². The van der Waals surface area contributed by atoms with Gasteiger partial charge < -0.3 is 14.4 Å². The average Bonchev–Trinajstić information content (AvgIpc) is 2.48. The van der Waals surface area contributed by atoms with E-state index in [1.807, 2.05) is 11.6 Å². The number of aromatic nitrogens is 3. The number of hydrogen-bond donors (Lipinski definition) is 1. The Bertz CT molecular complexity index is 254. The van der Waals surface area contributed by atoms with Crippen molar-refractivity contribution in [2.24, 2.45) is 7.05 Å². The lowest BCUT2D eigenvalue weighted by atomic mass is 10.4. The molecule has 1 aromatic rings. The number of aryl methyl sites for hydroxylation is 1. The molecule has 0 aliphatic rings. The molecule has 1 unspecified atom stereocenters. The zero-order valence-electron chi connectivity index (χ0n) is 7.67. The Kier molecular flexibility index (Phi) is 4.20. The topological polar surface area (TPSA) is 60.2 Å². The van der Waals surface area contributed by atoms with E-state index >= 15 is 0 Å². The van der Waals surface area contributed by atoms with Gasteiger partial charge in [0.15, 0.2) is 5.16 Å². The number of thioether (sulfide) groups is 1. The molecule has 0 spiro atoms. The van der Waals surface area contributed by atoms with E-state index < -0.39 is 6.10 Å². The van der Waals surface area contributed by atoms with Crippen LogP contribution in [0.2, 0.25) is 0 Å². The molecule has 1 aromatic heterocycles. The molecule has 0 saturated carbocycles. The smallest absolute Gasteiger partial charge is 0.190 e. The maximum Gasteiger partial charge on any atom is 0.190 e. The van der Waals surface area contributed by atoms with Crippen LogP contribution in [0.4, 0.5) is 0 Å². The van der Waals surface area contributed by atoms with Crippen molar-refractivity contribution in [2.45, 2.75) is 11.3 Å². The SMILES string of the molecule is COCC(O)CSc1nncn1C. The van der Waals surface area contributed by atoms with Crippen LogP contribution in [0.3, 0.4) is 0 Å². The molecule has 0 aliphatic heterocycles. The summed E-state index contributed by atoms with van der Waals surface area (Å²) < 4.78 is 6.61. The molecule has 1 heterocycles. The quantitative estimate of drug-likeness (QED) is 0.678. The van der Waals surface area contributed by atoms with E-state index in [1.165, 1.54) is 11.8 Å². The molecule has 5 nitrogen and oxygen atoms in total. The van der Waals surface area contributed by atoms with Crippen LogP contribution in [0.15, 0.2) is 11.5 Å². The van der Waals surface area contributed by atoms with E-state index in [1.54, 1.807) is 13.4 Å². The van der Waals surface area contributed by atoms with E-state index in [0.717, 1.165) is 5.16 Å². The van der Waals surface area contributed by atoms with Crippen LogP contribution in [-0.4, -0.2) is 45.4 Å². The highest BCUT2D eigenvalue weighted by Gasteiger charge is 2.07. The van der Waals surface area contributed by atoms with Gasteiger partial charge in [0.2, 0.25) is 0 Å². The molecule has 1 N–H and O–H groups in total. The Balaban J connectivity index is 2.30. The molecule has 0 bridgehead atoms. The summed E-state index contributed by atoms with van der Waals surface area (Å²) >= 11 is 1.46. The predicted octanol–water partition coefficient (Wildman–Crippen LogP) is -0.0855. The Morgan fingerprint density at radius 3 is 3.08 bits per heavy atom. The molecule has 0 radical (unpaired) electrons. The normalized spacial score (nSPS) is 13.2. The average molecular weight is 203 g/mol. The van der Waals surface area contributed by atoms with Crippen LogP contribution in [0.1, 0.15) is 0 Å². The largest absolute Gasteiger partial charge is 0.390 e. The van der Waals surface area contributed by atoms with E-state index in [2.05, 4.69) is 10.2 Å². The molecule has 0 aliphatic carbocycles. The number of nitrogens with zero attached hydrogens (tertiary/aromatic N) is 3. The molecule has 0 saturated heterocycles. The minimum Gasteiger partial charge on any atom is -0.390 e. The maximum atomic E-state index is 9.34. The second kappa shape index (κ2) is 5.21. The van der Waals surface area contributed by atoms with Gasteiger partial charge in [0.05, 0.1) is 12.7 Å². The number of hydrogen-bond acceptors (Lipinski definition) is 5. The minimum atomic E-state index is -0.452. The molecule has 0 amide bonds. The lowest BCUT2D eigenvalue weighted by Crippen LogP contribution is -2.16. The number of rotatable bonds is 5. The van der Waals surface area contributed by atoms with Gasteiger partial charge in [0, 0.05) is 19.9 Å². The second-order valence-corrected chi connectivity index (χ2v) is 3.63. The molecule has 6 heteroatoms. The van der Waals surface area contributed by atoms with Crippen LogP contribution >= 0.6 is 11.8 Å². The summed E-state index contributed by atoms with van der Waals surface area (Å²) in [6.45, 7) is 0.352. The van der Waals surface area contributed by atoms with Crippen LogP contribution < -0.4 is 0 Å². The Morgan fingerprint density at radius 2 is 2.54 bits per heavy atom. The van der Waals surface area contributed by atoms with Crippen LogP contribution in [0.25, 0.3) is 0 Å². The number of aliphatic hydroxyl groups excluding tert-OH is 1. The minimum absolute atomic E-state index is 0.352. The van der Waals surface area contributed by atoms with Crippen molar-refractivity contribution in [1.29, 1.82) is 0 Å². The van der Waals surface area contributed by atoms with Gasteiger partial charge in [-0.25, -0.2) is 0 Å². The first-order valence-electron chi connectivity index (χ1n) is 3.88. The molecular formula is C7H13N3O2S. The highest BCUT2D eigenvalue weighted by Crippen LogP contribution is 2.14. The molecular weight excluding hydrogens is 190 g/mol. The third kappa shape index (κ3) is 3.33. The van der Waals surface area contributed by atoms with Gasteiger partial charge in [-0.2, -0.15) is 0 Å². The van der Waals surface area contributed by atoms with Gasteiger partial charge in [0.1, 0.15) is 6.33 Å². The fourth-order valence-corrected chi connectivity index (χ4v) is 1.61. The van der Waals surface area contributed by atoms with E-state index in [9.17, 15) is 5.11 Å². The monoisotopic (exact) mass is 203 g/mol. The zero-order valence-corrected chi connectivity index (χ0v) is 8.49. The van der Waals surface area contributed by atoms with Crippen molar-refractivity contribution >= 4 is 11.8 Å². The van der Waals surface area contributed by atoms with Crippen molar-refractivity contribution in [3.8, 4) is 0 Å². The summed E-state index contributed by atoms with van der Waals surface area (Å²) in [6.07, 6.45) is 1.18. The van der Waals surface area contributed by atoms with Crippen molar-refractivity contribution in [3.63, 3.8) is 0 Å². The molecule has 0 fully saturated rings. The standard InChI is InChI=1S/C7H13N3O2S/c1-10-5-8-9-7(10)13-4-6(11)3-12-2/h5-6,11H,3-4H2,1-2H3. The first-order chi connectivity index (χ1) is 6.24. The fourth-order valence-electron chi connectivity index (χ4n) is 0.815. The summed E-state index contributed by atoms with van der Waals surface area (Å²) in [7, 11) is 3.43. The Labute approximate surface area is 81.1 Å². The summed E-state index contributed by atoms with van der Waals surface area (Å²) in [6, 6.07) is 0. The zero-order chi connectivity index (χ0) is 9.68. The molecule has 0 aromatic carbocycles. The van der Waals surface area contributed by atoms with Crippen molar-refractivity contribution < 1.29 is 9.84 Å². The van der Waals surface area contributed by atoms with Gasteiger partial charge >= 0.3 is 0 Å². The van der Waals surface area contributed by atoms with Gasteiger partial charge in [-0.05, 0) is 0 Å². The molecule has 13 heavy (non-hydrogen) atoms. The fraction of sp³-hybridized carbons (Fsp3) is 0.714. The van der Waals surface area contributed by atoms with Gasteiger partial charge in [-0.15, -0.1) is 10.2 Å². The van der Waals surface area contributed by atoms with Crippen molar-refractivity contribution in [1.82, 2.24) is 14.8 Å². The number of methoxy groups -OCH3 is 1. The maximum absolute atomic E-state index is 9.34. The lowest BCUT2D eigenvalue weighted by Gasteiger charge is -2.07. The predicted molar refractivity (Wildman–Crippen MR) is 49.6 cm³/mol. The molecule has 1 atom stereocenters. The number of aliphatic hydroxyl groups is 1. The van der Waals surface area contributed by atoms with Crippen LogP contribution in [0.5, 0.6) is 0 Å². The highest BCUT2D eigenvalue weighted by atomic mass is 32.2. The van der Waals surface area contributed by atoms with Gasteiger partial charge in [-0.3, -0.25) is 0 Å². The first kappa shape index (κ1) is 10.5. The molecule has 74 valence electrons. The van der Waals surface area contributed by atoms with Crippen molar-refractivity contribution in [2.75, 3.05) is 19.5 Å². The third-order valence-corrected chi connectivity index (χ3v) is 2.61. The van der Waals surface area contributed by atoms with Gasteiger partial charge in [0.25, 0.3) is 0 Å². The molecule has 1 rings (SSSR count). The number of ether oxygens (including phenoxy) is 1. The van der Waals surface area contributed by atoms with Gasteiger partial charge in [-0.1, -0.05) is 11.8 Å². The third-order valence-electron chi connectivity index (χ3n) is 1.43. The summed E-state index contributed by atoms with van der Waals surface area (Å²) in [5.74, 6) is 0.570. The van der Waals surface area contributed by atoms with E-state index in [0.29, 0.717) is 12.4 Å². The van der Waals surface area contributed by atoms with Crippen molar-refractivity contribution in [3.05, 3.63) is 6.33 Å².